The van der Waals surface area contributed by atoms with Crippen molar-refractivity contribution >= 4 is 5.91 Å². The van der Waals surface area contributed by atoms with Crippen LogP contribution in [0, 0.1) is 5.92 Å². The maximum Gasteiger partial charge on any atom is 0.225 e. The number of carbonyl (C=O) groups is 1. The Kier molecular flexibility index (Phi) is 7.33. The summed E-state index contributed by atoms with van der Waals surface area (Å²) in [6, 6.07) is 0.625. The summed E-state index contributed by atoms with van der Waals surface area (Å²) in [5.41, 5.74) is 0. The van der Waals surface area contributed by atoms with Crippen LogP contribution in [0.25, 0.3) is 0 Å². The minimum atomic E-state index is 0.213. The van der Waals surface area contributed by atoms with Crippen LogP contribution in [-0.4, -0.2) is 36.5 Å². The second-order valence-corrected chi connectivity index (χ2v) is 5.60. The maximum atomic E-state index is 12.2. The summed E-state index contributed by atoms with van der Waals surface area (Å²) in [5, 5.41) is 3.56. The smallest absolute Gasteiger partial charge is 0.225 e. The Morgan fingerprint density at radius 2 is 1.94 bits per heavy atom. The monoisotopic (exact) mass is 254 g/mol. The predicted octanol–water partition coefficient (Wildman–Crippen LogP) is 2.80. The molecule has 106 valence electrons. The zero-order valence-electron chi connectivity index (χ0n) is 12.4. The fraction of sp³-hybridized carbons (Fsp3) is 0.933. The van der Waals surface area contributed by atoms with Gasteiger partial charge in [-0.25, -0.2) is 0 Å². The van der Waals surface area contributed by atoms with Gasteiger partial charge in [-0.15, -0.1) is 0 Å². The average molecular weight is 254 g/mol. The van der Waals surface area contributed by atoms with E-state index in [0.29, 0.717) is 11.9 Å². The minimum Gasteiger partial charge on any atom is -0.342 e. The van der Waals surface area contributed by atoms with E-state index >= 15 is 0 Å². The SMILES string of the molecule is CCCCC(C)C(=O)N1CCC(NCCC)CC1. The highest BCUT2D eigenvalue weighted by Gasteiger charge is 2.25. The lowest BCUT2D eigenvalue weighted by Crippen LogP contribution is -2.46. The van der Waals surface area contributed by atoms with Crippen LogP contribution in [0.1, 0.15) is 59.3 Å². The van der Waals surface area contributed by atoms with Crippen molar-refractivity contribution in [2.24, 2.45) is 5.92 Å². The van der Waals surface area contributed by atoms with Crippen LogP contribution in [0.2, 0.25) is 0 Å². The third kappa shape index (κ3) is 4.97. The normalized spacial score (nSPS) is 18.9. The van der Waals surface area contributed by atoms with E-state index in [0.717, 1.165) is 38.9 Å². The van der Waals surface area contributed by atoms with Gasteiger partial charge in [-0.3, -0.25) is 4.79 Å². The van der Waals surface area contributed by atoms with Crippen molar-refractivity contribution in [3.8, 4) is 0 Å². The molecule has 0 saturated carbocycles. The highest BCUT2D eigenvalue weighted by atomic mass is 16.2. The number of nitrogens with zero attached hydrogens (tertiary/aromatic N) is 1. The quantitative estimate of drug-likeness (QED) is 0.757. The van der Waals surface area contributed by atoms with Crippen molar-refractivity contribution in [3.63, 3.8) is 0 Å². The van der Waals surface area contributed by atoms with Crippen LogP contribution in [0.5, 0.6) is 0 Å². The Balaban J connectivity index is 2.26. The summed E-state index contributed by atoms with van der Waals surface area (Å²) >= 11 is 0. The van der Waals surface area contributed by atoms with E-state index in [-0.39, 0.29) is 5.92 Å². The summed E-state index contributed by atoms with van der Waals surface area (Å²) < 4.78 is 0. The molecule has 1 saturated heterocycles. The maximum absolute atomic E-state index is 12.2. The number of nitrogens with one attached hydrogen (secondary N) is 1. The summed E-state index contributed by atoms with van der Waals surface area (Å²) in [7, 11) is 0. The third-order valence-electron chi connectivity index (χ3n) is 3.90. The Labute approximate surface area is 112 Å². The Bertz CT molecular complexity index is 235. The molecule has 0 radical (unpaired) electrons. The molecule has 1 atom stereocenters. The number of unbranched alkanes of at least 4 members (excludes halogenated alkanes) is 1. The number of hydrogen-bond acceptors (Lipinski definition) is 2. The van der Waals surface area contributed by atoms with Gasteiger partial charge in [-0.05, 0) is 32.2 Å². The lowest BCUT2D eigenvalue weighted by Gasteiger charge is -2.34. The van der Waals surface area contributed by atoms with E-state index in [1.165, 1.54) is 19.3 Å². The molecule has 0 aromatic carbocycles. The van der Waals surface area contributed by atoms with E-state index in [1.807, 2.05) is 0 Å². The van der Waals surface area contributed by atoms with Crippen molar-refractivity contribution in [2.75, 3.05) is 19.6 Å². The first kappa shape index (κ1) is 15.5. The van der Waals surface area contributed by atoms with Gasteiger partial charge in [0.05, 0.1) is 0 Å². The fourth-order valence-corrected chi connectivity index (χ4v) is 2.60. The first-order valence-electron chi connectivity index (χ1n) is 7.71. The molecule has 1 N–H and O–H groups in total. The summed E-state index contributed by atoms with van der Waals surface area (Å²) in [6.45, 7) is 9.45. The molecule has 18 heavy (non-hydrogen) atoms. The van der Waals surface area contributed by atoms with Gasteiger partial charge in [0.1, 0.15) is 0 Å². The molecule has 1 fully saturated rings. The van der Waals surface area contributed by atoms with Gasteiger partial charge in [-0.1, -0.05) is 33.6 Å². The molecule has 0 aliphatic carbocycles. The number of hydrogen-bond donors (Lipinski definition) is 1. The molecule has 0 aromatic heterocycles. The largest absolute Gasteiger partial charge is 0.342 e. The number of carbonyl (C=O) groups excluding carboxylic acids is 1. The highest BCUT2D eigenvalue weighted by molar-refractivity contribution is 5.78. The van der Waals surface area contributed by atoms with Gasteiger partial charge in [0.25, 0.3) is 0 Å². The molecule has 0 bridgehead atoms. The standard InChI is InChI=1S/C15H30N2O/c1-4-6-7-13(3)15(18)17-11-8-14(9-12-17)16-10-5-2/h13-14,16H,4-12H2,1-3H3. The Morgan fingerprint density at radius 1 is 1.28 bits per heavy atom. The molecule has 3 heteroatoms. The van der Waals surface area contributed by atoms with Crippen LogP contribution in [0.15, 0.2) is 0 Å². The molecule has 1 amide bonds. The van der Waals surface area contributed by atoms with E-state index in [9.17, 15) is 4.79 Å². The fourth-order valence-electron chi connectivity index (χ4n) is 2.60. The second-order valence-electron chi connectivity index (χ2n) is 5.60. The van der Waals surface area contributed by atoms with Gasteiger partial charge in [0.15, 0.2) is 0 Å². The molecule has 1 unspecified atom stereocenters. The lowest BCUT2D eigenvalue weighted by molar-refractivity contribution is -0.136. The first-order valence-corrected chi connectivity index (χ1v) is 7.71. The molecular formula is C15H30N2O. The van der Waals surface area contributed by atoms with Crippen molar-refractivity contribution in [1.82, 2.24) is 10.2 Å². The number of amides is 1. The van der Waals surface area contributed by atoms with Crippen molar-refractivity contribution < 1.29 is 4.79 Å². The van der Waals surface area contributed by atoms with E-state index < -0.39 is 0 Å². The first-order chi connectivity index (χ1) is 8.69. The molecule has 1 aliphatic rings. The third-order valence-corrected chi connectivity index (χ3v) is 3.90. The molecule has 1 heterocycles. The molecule has 3 nitrogen and oxygen atoms in total. The van der Waals surface area contributed by atoms with Gasteiger partial charge < -0.3 is 10.2 Å². The van der Waals surface area contributed by atoms with Gasteiger partial charge in [0.2, 0.25) is 5.91 Å². The molecule has 0 aromatic rings. The molecular weight excluding hydrogens is 224 g/mol. The second kappa shape index (κ2) is 8.52. The minimum absolute atomic E-state index is 0.213. The van der Waals surface area contributed by atoms with E-state index in [1.54, 1.807) is 0 Å². The van der Waals surface area contributed by atoms with E-state index in [4.69, 9.17) is 0 Å². The van der Waals surface area contributed by atoms with Crippen LogP contribution in [0.4, 0.5) is 0 Å². The van der Waals surface area contributed by atoms with Crippen molar-refractivity contribution in [3.05, 3.63) is 0 Å². The zero-order valence-corrected chi connectivity index (χ0v) is 12.4. The van der Waals surface area contributed by atoms with Gasteiger partial charge in [-0.2, -0.15) is 0 Å². The van der Waals surface area contributed by atoms with Crippen LogP contribution in [0.3, 0.4) is 0 Å². The van der Waals surface area contributed by atoms with Crippen molar-refractivity contribution in [2.45, 2.75) is 65.3 Å². The lowest BCUT2D eigenvalue weighted by atomic mass is 9.99. The highest BCUT2D eigenvalue weighted by Crippen LogP contribution is 2.16. The summed E-state index contributed by atoms with van der Waals surface area (Å²) in [5.74, 6) is 0.586. The molecule has 1 aliphatic heterocycles. The van der Waals surface area contributed by atoms with Crippen LogP contribution < -0.4 is 5.32 Å². The topological polar surface area (TPSA) is 32.3 Å². The van der Waals surface area contributed by atoms with Crippen LogP contribution >= 0.6 is 0 Å². The predicted molar refractivity (Wildman–Crippen MR) is 76.6 cm³/mol. The van der Waals surface area contributed by atoms with Gasteiger partial charge >= 0.3 is 0 Å². The molecule has 1 rings (SSSR count). The zero-order chi connectivity index (χ0) is 13.4. The molecule has 0 spiro atoms. The van der Waals surface area contributed by atoms with Gasteiger partial charge in [0, 0.05) is 25.0 Å². The van der Waals surface area contributed by atoms with E-state index in [2.05, 4.69) is 31.0 Å². The van der Waals surface area contributed by atoms with Crippen LogP contribution in [-0.2, 0) is 4.79 Å². The average Bonchev–Trinajstić information content (AvgIpc) is 2.42. The summed E-state index contributed by atoms with van der Waals surface area (Å²) in [6.07, 6.45) is 6.82. The number of piperidine rings is 1. The number of rotatable bonds is 7. The number of likely N-dealkylation sites (tertiary alicyclic amines) is 1. The Morgan fingerprint density at radius 3 is 2.50 bits per heavy atom. The van der Waals surface area contributed by atoms with Crippen molar-refractivity contribution in [1.29, 1.82) is 0 Å². The Hall–Kier alpha value is -0.570. The summed E-state index contributed by atoms with van der Waals surface area (Å²) in [4.78, 5) is 14.3.